The van der Waals surface area contributed by atoms with E-state index in [1.807, 2.05) is 6.07 Å². The third-order valence-corrected chi connectivity index (χ3v) is 5.48. The maximum absolute atomic E-state index is 12.7. The van der Waals surface area contributed by atoms with Crippen LogP contribution >= 0.6 is 11.3 Å². The standard InChI is InChI=1S/C21H13F3N4O2S/c22-21(23,24)20-28-10-16(31-20)18(30)12-3-1-11(2-4-12)14-7-15-13(5-6-17(25)29)8-26-19(15)27-9-14/h1-10H,(H2,25,29)(H,26,27). The van der Waals surface area contributed by atoms with Crippen molar-refractivity contribution in [2.45, 2.75) is 6.18 Å². The SMILES string of the molecule is NC(=O)C=Cc1c[nH]c2ncc(-c3ccc(C(=O)c4cnc(C(F)(F)F)s4)cc3)cc12. The Morgan fingerprint density at radius 3 is 2.45 bits per heavy atom. The van der Waals surface area contributed by atoms with Crippen molar-refractivity contribution in [3.05, 3.63) is 76.0 Å². The molecule has 0 saturated heterocycles. The predicted molar refractivity (Wildman–Crippen MR) is 110 cm³/mol. The van der Waals surface area contributed by atoms with Crippen molar-refractivity contribution in [3.8, 4) is 11.1 Å². The Morgan fingerprint density at radius 1 is 1.06 bits per heavy atom. The zero-order chi connectivity index (χ0) is 22.2. The van der Waals surface area contributed by atoms with Gasteiger partial charge in [-0.2, -0.15) is 13.2 Å². The van der Waals surface area contributed by atoms with Crippen LogP contribution in [-0.4, -0.2) is 26.6 Å². The molecule has 10 heteroatoms. The number of nitrogens with zero attached hydrogens (tertiary/aromatic N) is 2. The molecule has 0 atom stereocenters. The van der Waals surface area contributed by atoms with Crippen LogP contribution in [0.4, 0.5) is 13.2 Å². The first-order valence-electron chi connectivity index (χ1n) is 8.85. The summed E-state index contributed by atoms with van der Waals surface area (Å²) < 4.78 is 38.1. The van der Waals surface area contributed by atoms with Gasteiger partial charge < -0.3 is 10.7 Å². The van der Waals surface area contributed by atoms with Gasteiger partial charge in [0.05, 0.1) is 4.88 Å². The molecule has 156 valence electrons. The van der Waals surface area contributed by atoms with Gasteiger partial charge in [0, 0.05) is 46.7 Å². The summed E-state index contributed by atoms with van der Waals surface area (Å²) in [5.74, 6) is -1.10. The largest absolute Gasteiger partial charge is 0.443 e. The number of halogens is 3. The maximum Gasteiger partial charge on any atom is 0.443 e. The molecule has 0 aliphatic heterocycles. The highest BCUT2D eigenvalue weighted by molar-refractivity contribution is 7.14. The van der Waals surface area contributed by atoms with Crippen LogP contribution in [-0.2, 0) is 11.0 Å². The number of aromatic amines is 1. The van der Waals surface area contributed by atoms with Gasteiger partial charge in [0.15, 0.2) is 5.01 Å². The van der Waals surface area contributed by atoms with Crippen molar-refractivity contribution in [2.24, 2.45) is 5.73 Å². The average Bonchev–Trinajstić information content (AvgIpc) is 3.39. The first-order valence-corrected chi connectivity index (χ1v) is 9.67. The summed E-state index contributed by atoms with van der Waals surface area (Å²) in [7, 11) is 0. The number of hydrogen-bond acceptors (Lipinski definition) is 5. The number of benzene rings is 1. The van der Waals surface area contributed by atoms with Crippen LogP contribution in [0.3, 0.4) is 0 Å². The number of nitrogens with two attached hydrogens (primary N) is 1. The number of fused-ring (bicyclic) bond motifs is 1. The fourth-order valence-electron chi connectivity index (χ4n) is 2.96. The number of carbonyl (C=O) groups excluding carboxylic acids is 2. The quantitative estimate of drug-likeness (QED) is 0.353. The summed E-state index contributed by atoms with van der Waals surface area (Å²) in [5, 5.41) is -0.279. The lowest BCUT2D eigenvalue weighted by Crippen LogP contribution is -2.04. The van der Waals surface area contributed by atoms with Crippen LogP contribution in [0.25, 0.3) is 28.2 Å². The van der Waals surface area contributed by atoms with E-state index in [0.29, 0.717) is 17.0 Å². The van der Waals surface area contributed by atoms with E-state index in [9.17, 15) is 22.8 Å². The first-order chi connectivity index (χ1) is 14.7. The Bertz CT molecular complexity index is 1320. The molecular formula is C21H13F3N4O2S. The van der Waals surface area contributed by atoms with Crippen LogP contribution in [0.1, 0.15) is 25.8 Å². The topological polar surface area (TPSA) is 102 Å². The Kier molecular flexibility index (Phi) is 5.15. The number of hydrogen-bond donors (Lipinski definition) is 2. The molecule has 0 bridgehead atoms. The van der Waals surface area contributed by atoms with Gasteiger partial charge in [-0.3, -0.25) is 9.59 Å². The number of ketones is 1. The summed E-state index contributed by atoms with van der Waals surface area (Å²) in [6, 6.07) is 8.33. The molecule has 0 fully saturated rings. The van der Waals surface area contributed by atoms with Gasteiger partial charge in [0.2, 0.25) is 11.7 Å². The van der Waals surface area contributed by atoms with Gasteiger partial charge in [-0.1, -0.05) is 24.3 Å². The monoisotopic (exact) mass is 442 g/mol. The van der Waals surface area contributed by atoms with E-state index < -0.39 is 22.9 Å². The second-order valence-electron chi connectivity index (χ2n) is 6.53. The van der Waals surface area contributed by atoms with E-state index in [1.165, 1.54) is 6.08 Å². The lowest BCUT2D eigenvalue weighted by molar-refractivity contribution is -0.137. The summed E-state index contributed by atoms with van der Waals surface area (Å²) in [4.78, 5) is 34.0. The number of carbonyl (C=O) groups is 2. The van der Waals surface area contributed by atoms with Crippen LogP contribution < -0.4 is 5.73 Å². The predicted octanol–water partition coefficient (Wildman–Crippen LogP) is 4.43. The summed E-state index contributed by atoms with van der Waals surface area (Å²) in [6.45, 7) is 0. The Balaban J connectivity index is 1.61. The van der Waals surface area contributed by atoms with Crippen LogP contribution in [0.2, 0.25) is 0 Å². The highest BCUT2D eigenvalue weighted by Crippen LogP contribution is 2.33. The van der Waals surface area contributed by atoms with Crippen molar-refractivity contribution in [1.29, 1.82) is 0 Å². The molecule has 0 saturated carbocycles. The third kappa shape index (κ3) is 4.24. The minimum Gasteiger partial charge on any atom is -0.366 e. The number of alkyl halides is 3. The molecule has 1 aromatic carbocycles. The number of nitrogens with one attached hydrogen (secondary N) is 1. The number of amides is 1. The number of aromatic nitrogens is 3. The van der Waals surface area contributed by atoms with Crippen molar-refractivity contribution in [3.63, 3.8) is 0 Å². The van der Waals surface area contributed by atoms with Gasteiger partial charge >= 0.3 is 6.18 Å². The third-order valence-electron chi connectivity index (χ3n) is 4.44. The van der Waals surface area contributed by atoms with E-state index in [4.69, 9.17) is 5.73 Å². The van der Waals surface area contributed by atoms with E-state index in [-0.39, 0.29) is 10.4 Å². The first kappa shape index (κ1) is 20.5. The molecule has 0 spiro atoms. The van der Waals surface area contributed by atoms with Crippen molar-refractivity contribution >= 4 is 40.1 Å². The zero-order valence-corrected chi connectivity index (χ0v) is 16.4. The lowest BCUT2D eigenvalue weighted by atomic mass is 10.0. The number of pyridine rings is 1. The van der Waals surface area contributed by atoms with E-state index in [1.54, 1.807) is 42.7 Å². The molecular weight excluding hydrogens is 429 g/mol. The highest BCUT2D eigenvalue weighted by atomic mass is 32.1. The van der Waals surface area contributed by atoms with Crippen molar-refractivity contribution < 1.29 is 22.8 Å². The van der Waals surface area contributed by atoms with E-state index in [2.05, 4.69) is 15.0 Å². The second kappa shape index (κ2) is 7.80. The molecule has 0 aliphatic carbocycles. The maximum atomic E-state index is 12.7. The van der Waals surface area contributed by atoms with Gasteiger partial charge in [-0.25, -0.2) is 9.97 Å². The van der Waals surface area contributed by atoms with Crippen LogP contribution in [0.15, 0.2) is 55.0 Å². The average molecular weight is 442 g/mol. The normalized spacial score (nSPS) is 12.0. The molecule has 3 N–H and O–H groups in total. The molecule has 6 nitrogen and oxygen atoms in total. The number of rotatable bonds is 5. The number of primary amides is 1. The molecule has 3 heterocycles. The number of H-pyrrole nitrogens is 1. The van der Waals surface area contributed by atoms with Crippen molar-refractivity contribution in [1.82, 2.24) is 15.0 Å². The van der Waals surface area contributed by atoms with Crippen LogP contribution in [0, 0.1) is 0 Å². The minimum atomic E-state index is -4.58. The molecule has 0 unspecified atom stereocenters. The molecule has 0 radical (unpaired) electrons. The Labute approximate surface area is 177 Å². The summed E-state index contributed by atoms with van der Waals surface area (Å²) >= 11 is 0.315. The van der Waals surface area contributed by atoms with Gasteiger partial charge in [0.1, 0.15) is 5.65 Å². The molecule has 31 heavy (non-hydrogen) atoms. The van der Waals surface area contributed by atoms with Crippen molar-refractivity contribution in [2.75, 3.05) is 0 Å². The summed E-state index contributed by atoms with van der Waals surface area (Å²) in [5.41, 5.74) is 8.28. The Morgan fingerprint density at radius 2 is 1.81 bits per heavy atom. The minimum absolute atomic E-state index is 0.0821. The van der Waals surface area contributed by atoms with E-state index in [0.717, 1.165) is 28.3 Å². The fourth-order valence-corrected chi connectivity index (χ4v) is 3.70. The smallest absolute Gasteiger partial charge is 0.366 e. The van der Waals surface area contributed by atoms with Gasteiger partial charge in [-0.05, 0) is 17.7 Å². The lowest BCUT2D eigenvalue weighted by Gasteiger charge is -2.04. The molecule has 3 aromatic heterocycles. The zero-order valence-electron chi connectivity index (χ0n) is 15.6. The van der Waals surface area contributed by atoms with Gasteiger partial charge in [-0.15, -0.1) is 11.3 Å². The Hall–Kier alpha value is -3.79. The molecule has 4 rings (SSSR count). The fraction of sp³-hybridized carbons (Fsp3) is 0.0476. The molecule has 4 aromatic rings. The summed E-state index contributed by atoms with van der Waals surface area (Å²) in [6.07, 6.45) is 2.54. The highest BCUT2D eigenvalue weighted by Gasteiger charge is 2.35. The number of thiazole rings is 1. The molecule has 0 aliphatic rings. The van der Waals surface area contributed by atoms with Crippen LogP contribution in [0.5, 0.6) is 0 Å². The van der Waals surface area contributed by atoms with Gasteiger partial charge in [0.25, 0.3) is 0 Å². The van der Waals surface area contributed by atoms with E-state index >= 15 is 0 Å². The second-order valence-corrected chi connectivity index (χ2v) is 7.56. The molecule has 1 amide bonds.